The van der Waals surface area contributed by atoms with Gasteiger partial charge in [0.2, 0.25) is 5.82 Å². The van der Waals surface area contributed by atoms with E-state index in [-0.39, 0.29) is 11.6 Å². The molecule has 1 amide bonds. The van der Waals surface area contributed by atoms with Crippen LogP contribution in [0, 0.1) is 12.8 Å². The molecule has 0 radical (unpaired) electrons. The first-order valence-corrected chi connectivity index (χ1v) is 11.1. The SMILES string of the molecule is COc1cccc(CNC(=O)c2cc(-c3nnn(CC4CCC(C)(O)CC4)n3)nc(C)n2)c1. The van der Waals surface area contributed by atoms with Crippen molar-refractivity contribution >= 4 is 5.91 Å². The molecular weight excluding hydrogens is 422 g/mol. The molecule has 0 spiro atoms. The van der Waals surface area contributed by atoms with E-state index in [1.807, 2.05) is 31.2 Å². The van der Waals surface area contributed by atoms with Gasteiger partial charge in [-0.05, 0) is 74.4 Å². The fourth-order valence-corrected chi connectivity index (χ4v) is 3.99. The number of aromatic nitrogens is 6. The Morgan fingerprint density at radius 2 is 2.06 bits per heavy atom. The zero-order chi connectivity index (χ0) is 23.4. The number of amides is 1. The molecule has 3 aromatic rings. The minimum absolute atomic E-state index is 0.242. The van der Waals surface area contributed by atoms with Crippen molar-refractivity contribution in [2.45, 2.75) is 58.2 Å². The summed E-state index contributed by atoms with van der Waals surface area (Å²) >= 11 is 0. The van der Waals surface area contributed by atoms with Crippen molar-refractivity contribution in [3.8, 4) is 17.3 Å². The molecule has 1 saturated carbocycles. The molecule has 1 fully saturated rings. The topological polar surface area (TPSA) is 128 Å². The van der Waals surface area contributed by atoms with Crippen molar-refractivity contribution in [1.82, 2.24) is 35.5 Å². The van der Waals surface area contributed by atoms with Crippen LogP contribution in [0.1, 0.15) is 54.5 Å². The van der Waals surface area contributed by atoms with Crippen molar-refractivity contribution in [3.05, 3.63) is 47.4 Å². The summed E-state index contributed by atoms with van der Waals surface area (Å²) in [5, 5.41) is 25.8. The molecule has 1 aliphatic rings. The molecule has 174 valence electrons. The lowest BCUT2D eigenvalue weighted by Gasteiger charge is -2.32. The molecule has 2 heterocycles. The highest BCUT2D eigenvalue weighted by Gasteiger charge is 2.29. The first-order valence-electron chi connectivity index (χ1n) is 11.1. The maximum atomic E-state index is 12.7. The minimum atomic E-state index is -0.570. The zero-order valence-electron chi connectivity index (χ0n) is 19.2. The highest BCUT2D eigenvalue weighted by Crippen LogP contribution is 2.32. The summed E-state index contributed by atoms with van der Waals surface area (Å²) in [7, 11) is 1.60. The molecule has 10 nitrogen and oxygen atoms in total. The fraction of sp³-hybridized carbons (Fsp3) is 0.478. The quantitative estimate of drug-likeness (QED) is 0.560. The average molecular weight is 452 g/mol. The van der Waals surface area contributed by atoms with E-state index < -0.39 is 5.60 Å². The number of aryl methyl sites for hydroxylation is 1. The van der Waals surface area contributed by atoms with Crippen LogP contribution in [0.25, 0.3) is 11.5 Å². The van der Waals surface area contributed by atoms with Gasteiger partial charge in [0, 0.05) is 6.54 Å². The predicted octanol–water partition coefficient (Wildman–Crippen LogP) is 2.32. The Morgan fingerprint density at radius 3 is 2.82 bits per heavy atom. The van der Waals surface area contributed by atoms with Crippen molar-refractivity contribution < 1.29 is 14.6 Å². The molecule has 0 bridgehead atoms. The number of nitrogens with zero attached hydrogens (tertiary/aromatic N) is 6. The Kier molecular flexibility index (Phi) is 6.64. The zero-order valence-corrected chi connectivity index (χ0v) is 19.2. The highest BCUT2D eigenvalue weighted by atomic mass is 16.5. The lowest BCUT2D eigenvalue weighted by molar-refractivity contribution is 0.00469. The summed E-state index contributed by atoms with van der Waals surface area (Å²) in [6, 6.07) is 9.08. The van der Waals surface area contributed by atoms with Gasteiger partial charge in [0.05, 0.1) is 19.3 Å². The van der Waals surface area contributed by atoms with Gasteiger partial charge >= 0.3 is 0 Å². The normalized spacial score (nSPS) is 20.4. The van der Waals surface area contributed by atoms with E-state index >= 15 is 0 Å². The van der Waals surface area contributed by atoms with E-state index in [1.54, 1.807) is 24.9 Å². The first-order chi connectivity index (χ1) is 15.8. The van der Waals surface area contributed by atoms with Crippen LogP contribution in [0.3, 0.4) is 0 Å². The third-order valence-electron chi connectivity index (χ3n) is 5.94. The lowest BCUT2D eigenvalue weighted by atomic mass is 9.80. The van der Waals surface area contributed by atoms with Gasteiger partial charge in [0.15, 0.2) is 0 Å². The van der Waals surface area contributed by atoms with E-state index in [0.717, 1.165) is 37.0 Å². The summed E-state index contributed by atoms with van der Waals surface area (Å²) in [6.07, 6.45) is 3.40. The second kappa shape index (κ2) is 9.62. The molecule has 1 aliphatic carbocycles. The number of ether oxygens (including phenoxy) is 1. The van der Waals surface area contributed by atoms with Crippen molar-refractivity contribution in [1.29, 1.82) is 0 Å². The summed E-state index contributed by atoms with van der Waals surface area (Å²) in [4.78, 5) is 22.9. The van der Waals surface area contributed by atoms with Crippen LogP contribution in [0.2, 0.25) is 0 Å². The Bertz CT molecular complexity index is 1120. The third kappa shape index (κ3) is 5.89. The number of nitrogens with one attached hydrogen (secondary N) is 1. The van der Waals surface area contributed by atoms with Gasteiger partial charge in [0.25, 0.3) is 5.91 Å². The third-order valence-corrected chi connectivity index (χ3v) is 5.94. The maximum Gasteiger partial charge on any atom is 0.270 e. The molecule has 4 rings (SSSR count). The second-order valence-electron chi connectivity index (χ2n) is 8.83. The molecule has 0 unspecified atom stereocenters. The number of hydrogen-bond donors (Lipinski definition) is 2. The van der Waals surface area contributed by atoms with Crippen LogP contribution in [0.15, 0.2) is 30.3 Å². The van der Waals surface area contributed by atoms with Gasteiger partial charge < -0.3 is 15.2 Å². The Hall–Kier alpha value is -3.40. The van der Waals surface area contributed by atoms with E-state index in [0.29, 0.717) is 36.4 Å². The molecular formula is C23H29N7O3. The van der Waals surface area contributed by atoms with E-state index in [1.165, 1.54) is 0 Å². The number of aliphatic hydroxyl groups is 1. The van der Waals surface area contributed by atoms with Gasteiger partial charge in [-0.25, -0.2) is 9.97 Å². The second-order valence-corrected chi connectivity index (χ2v) is 8.83. The van der Waals surface area contributed by atoms with Gasteiger partial charge in [-0.3, -0.25) is 4.79 Å². The molecule has 2 aromatic heterocycles. The molecule has 33 heavy (non-hydrogen) atoms. The average Bonchev–Trinajstić information content (AvgIpc) is 3.27. The lowest BCUT2D eigenvalue weighted by Crippen LogP contribution is -2.32. The molecule has 10 heteroatoms. The predicted molar refractivity (Wildman–Crippen MR) is 120 cm³/mol. The summed E-state index contributed by atoms with van der Waals surface area (Å²) in [5.74, 6) is 1.62. The van der Waals surface area contributed by atoms with Gasteiger partial charge in [0.1, 0.15) is 23.0 Å². The van der Waals surface area contributed by atoms with Crippen molar-refractivity contribution in [3.63, 3.8) is 0 Å². The number of benzene rings is 1. The van der Waals surface area contributed by atoms with Crippen LogP contribution in [-0.4, -0.2) is 53.9 Å². The van der Waals surface area contributed by atoms with Crippen LogP contribution < -0.4 is 10.1 Å². The monoisotopic (exact) mass is 451 g/mol. The fourth-order valence-electron chi connectivity index (χ4n) is 3.99. The number of rotatable bonds is 7. The minimum Gasteiger partial charge on any atom is -0.497 e. The highest BCUT2D eigenvalue weighted by molar-refractivity contribution is 5.93. The van der Waals surface area contributed by atoms with Crippen LogP contribution in [0.5, 0.6) is 5.75 Å². The van der Waals surface area contributed by atoms with Gasteiger partial charge in [-0.2, -0.15) is 4.80 Å². The van der Waals surface area contributed by atoms with Crippen molar-refractivity contribution in [2.75, 3.05) is 7.11 Å². The summed E-state index contributed by atoms with van der Waals surface area (Å²) in [5.41, 5.74) is 1.04. The Balaban J connectivity index is 1.42. The summed E-state index contributed by atoms with van der Waals surface area (Å²) in [6.45, 7) is 4.59. The van der Waals surface area contributed by atoms with Gasteiger partial charge in [-0.15, -0.1) is 10.2 Å². The molecule has 0 saturated heterocycles. The van der Waals surface area contributed by atoms with Crippen molar-refractivity contribution in [2.24, 2.45) is 5.92 Å². The summed E-state index contributed by atoms with van der Waals surface area (Å²) < 4.78 is 5.22. The largest absolute Gasteiger partial charge is 0.497 e. The Labute approximate surface area is 192 Å². The standard InChI is InChI=1S/C23H29N7O3/c1-15-25-19(21-27-29-30(28-21)14-16-7-9-23(2,32)10-8-16)12-20(26-15)22(31)24-13-17-5-4-6-18(11-17)33-3/h4-6,11-12,16,32H,7-10,13-14H2,1-3H3,(H,24,31). The molecule has 1 aromatic carbocycles. The van der Waals surface area contributed by atoms with E-state index in [4.69, 9.17) is 4.74 Å². The number of methoxy groups -OCH3 is 1. The van der Waals surface area contributed by atoms with Crippen LogP contribution >= 0.6 is 0 Å². The molecule has 2 N–H and O–H groups in total. The molecule has 0 atom stereocenters. The van der Waals surface area contributed by atoms with Crippen LogP contribution in [0.4, 0.5) is 0 Å². The number of carbonyl (C=O) groups is 1. The first kappa shape index (κ1) is 22.8. The Morgan fingerprint density at radius 1 is 1.27 bits per heavy atom. The number of carbonyl (C=O) groups excluding carboxylic acids is 1. The van der Waals surface area contributed by atoms with Crippen LogP contribution in [-0.2, 0) is 13.1 Å². The van der Waals surface area contributed by atoms with E-state index in [2.05, 4.69) is 30.7 Å². The van der Waals surface area contributed by atoms with E-state index in [9.17, 15) is 9.90 Å². The number of tetrazole rings is 1. The molecule has 0 aliphatic heterocycles. The smallest absolute Gasteiger partial charge is 0.270 e. The maximum absolute atomic E-state index is 12.7. The van der Waals surface area contributed by atoms with Gasteiger partial charge in [-0.1, -0.05) is 12.1 Å². The number of hydrogen-bond acceptors (Lipinski definition) is 8.